The molecule has 2 nitrogen and oxygen atoms in total. The maximum Gasteiger partial charge on any atom is 0.247 e. The molecule has 4 heteroatoms. The van der Waals surface area contributed by atoms with Gasteiger partial charge in [0, 0.05) is 17.8 Å². The third kappa shape index (κ3) is 1.79. The van der Waals surface area contributed by atoms with Gasteiger partial charge >= 0.3 is 0 Å². The zero-order valence-electron chi connectivity index (χ0n) is 7.63. The molecule has 76 valence electrons. The van der Waals surface area contributed by atoms with Crippen LogP contribution >= 0.6 is 0 Å². The average Bonchev–Trinajstić information content (AvgIpc) is 2.20. The normalized spacial score (nSPS) is 10.3. The van der Waals surface area contributed by atoms with Gasteiger partial charge in [-0.1, -0.05) is 6.07 Å². The predicted octanol–water partition coefficient (Wildman–Crippen LogP) is 2.32. The number of halogens is 2. The van der Waals surface area contributed by atoms with E-state index in [0.717, 1.165) is 0 Å². The molecule has 2 rings (SSSR count). The number of benzene rings is 1. The maximum atomic E-state index is 13.3. The van der Waals surface area contributed by atoms with Crippen LogP contribution in [0.25, 0.3) is 11.1 Å². The zero-order chi connectivity index (χ0) is 10.8. The standard InChI is InChI=1S/C11H7F2NO/c12-8-2-1-3-9(13)11(8)7-4-5-10(15)14-6-7/h1-6H,(H,14,15). The van der Waals surface area contributed by atoms with Gasteiger partial charge in [-0.15, -0.1) is 0 Å². The Kier molecular flexibility index (Phi) is 2.33. The number of aromatic amines is 1. The SMILES string of the molecule is O=c1ccc(-c2c(F)cccc2F)c[nH]1. The summed E-state index contributed by atoms with van der Waals surface area (Å²) in [6.45, 7) is 0. The van der Waals surface area contributed by atoms with Gasteiger partial charge in [-0.2, -0.15) is 0 Å². The van der Waals surface area contributed by atoms with Crippen molar-refractivity contribution in [2.75, 3.05) is 0 Å². The molecule has 0 aliphatic carbocycles. The Morgan fingerprint density at radius 2 is 1.67 bits per heavy atom. The van der Waals surface area contributed by atoms with Crippen LogP contribution in [0.15, 0.2) is 41.3 Å². The minimum absolute atomic E-state index is 0.131. The number of hydrogen-bond donors (Lipinski definition) is 1. The fourth-order valence-electron chi connectivity index (χ4n) is 1.34. The van der Waals surface area contributed by atoms with Gasteiger partial charge < -0.3 is 4.98 Å². The molecule has 0 bridgehead atoms. The second-order valence-corrected chi connectivity index (χ2v) is 3.04. The summed E-state index contributed by atoms with van der Waals surface area (Å²) >= 11 is 0. The fraction of sp³-hybridized carbons (Fsp3) is 0. The van der Waals surface area contributed by atoms with E-state index in [1.165, 1.54) is 36.5 Å². The van der Waals surface area contributed by atoms with E-state index in [-0.39, 0.29) is 11.1 Å². The fourth-order valence-corrected chi connectivity index (χ4v) is 1.34. The van der Waals surface area contributed by atoms with E-state index in [0.29, 0.717) is 5.56 Å². The van der Waals surface area contributed by atoms with Crippen molar-refractivity contribution in [3.05, 3.63) is 58.5 Å². The van der Waals surface area contributed by atoms with Crippen molar-refractivity contribution in [2.24, 2.45) is 0 Å². The predicted molar refractivity (Wildman–Crippen MR) is 52.4 cm³/mol. The molecule has 0 saturated heterocycles. The van der Waals surface area contributed by atoms with E-state index >= 15 is 0 Å². The first-order valence-electron chi connectivity index (χ1n) is 4.31. The lowest BCUT2D eigenvalue weighted by Gasteiger charge is -2.03. The molecule has 0 atom stereocenters. The quantitative estimate of drug-likeness (QED) is 0.764. The van der Waals surface area contributed by atoms with Crippen molar-refractivity contribution in [2.45, 2.75) is 0 Å². The zero-order valence-corrected chi connectivity index (χ0v) is 7.63. The molecule has 0 unspecified atom stereocenters. The molecule has 1 aromatic heterocycles. The first-order chi connectivity index (χ1) is 7.18. The molecular weight excluding hydrogens is 200 g/mol. The molecule has 1 N–H and O–H groups in total. The highest BCUT2D eigenvalue weighted by atomic mass is 19.1. The molecule has 15 heavy (non-hydrogen) atoms. The first-order valence-corrected chi connectivity index (χ1v) is 4.31. The smallest absolute Gasteiger partial charge is 0.247 e. The average molecular weight is 207 g/mol. The highest BCUT2D eigenvalue weighted by Gasteiger charge is 2.10. The number of pyridine rings is 1. The van der Waals surface area contributed by atoms with Crippen molar-refractivity contribution in [1.29, 1.82) is 0 Å². The molecule has 0 saturated carbocycles. The van der Waals surface area contributed by atoms with Crippen LogP contribution in [0, 0.1) is 11.6 Å². The second kappa shape index (κ2) is 3.65. The van der Waals surface area contributed by atoms with Crippen LogP contribution in [-0.4, -0.2) is 4.98 Å². The van der Waals surface area contributed by atoms with Crippen LogP contribution in [-0.2, 0) is 0 Å². The molecule has 0 spiro atoms. The van der Waals surface area contributed by atoms with Gasteiger partial charge in [0.2, 0.25) is 5.56 Å². The number of H-pyrrole nitrogens is 1. The van der Waals surface area contributed by atoms with Gasteiger partial charge in [-0.05, 0) is 18.2 Å². The molecule has 1 heterocycles. The second-order valence-electron chi connectivity index (χ2n) is 3.04. The number of nitrogens with one attached hydrogen (secondary N) is 1. The summed E-state index contributed by atoms with van der Waals surface area (Å²) in [5, 5.41) is 0. The Morgan fingerprint density at radius 1 is 1.00 bits per heavy atom. The summed E-state index contributed by atoms with van der Waals surface area (Å²) in [7, 11) is 0. The minimum Gasteiger partial charge on any atom is -0.328 e. The summed E-state index contributed by atoms with van der Waals surface area (Å²) in [6, 6.07) is 6.23. The largest absolute Gasteiger partial charge is 0.328 e. The number of aromatic nitrogens is 1. The highest BCUT2D eigenvalue weighted by Crippen LogP contribution is 2.24. The molecule has 0 aliphatic rings. The monoisotopic (exact) mass is 207 g/mol. The summed E-state index contributed by atoms with van der Waals surface area (Å²) < 4.78 is 26.6. The van der Waals surface area contributed by atoms with E-state index in [2.05, 4.69) is 4.98 Å². The topological polar surface area (TPSA) is 32.9 Å². The van der Waals surface area contributed by atoms with Gasteiger partial charge in [0.15, 0.2) is 0 Å². The van der Waals surface area contributed by atoms with E-state index < -0.39 is 11.6 Å². The highest BCUT2D eigenvalue weighted by molar-refractivity contribution is 5.63. The van der Waals surface area contributed by atoms with Gasteiger partial charge in [0.05, 0.1) is 5.56 Å². The van der Waals surface area contributed by atoms with Crippen LogP contribution in [0.2, 0.25) is 0 Å². The van der Waals surface area contributed by atoms with Gasteiger partial charge in [0.1, 0.15) is 11.6 Å². The van der Waals surface area contributed by atoms with E-state index in [1.54, 1.807) is 0 Å². The van der Waals surface area contributed by atoms with Crippen LogP contribution in [0.5, 0.6) is 0 Å². The van der Waals surface area contributed by atoms with Crippen molar-refractivity contribution in [3.8, 4) is 11.1 Å². The van der Waals surface area contributed by atoms with E-state index in [4.69, 9.17) is 0 Å². The van der Waals surface area contributed by atoms with Crippen molar-refractivity contribution < 1.29 is 8.78 Å². The molecule has 0 amide bonds. The van der Waals surface area contributed by atoms with Gasteiger partial charge in [0.25, 0.3) is 0 Å². The lowest BCUT2D eigenvalue weighted by molar-refractivity contribution is 0.589. The third-order valence-corrected chi connectivity index (χ3v) is 2.04. The van der Waals surface area contributed by atoms with Crippen molar-refractivity contribution >= 4 is 0 Å². The first kappa shape index (κ1) is 9.58. The van der Waals surface area contributed by atoms with Crippen LogP contribution < -0.4 is 5.56 Å². The van der Waals surface area contributed by atoms with Gasteiger partial charge in [-0.25, -0.2) is 8.78 Å². The lowest BCUT2D eigenvalue weighted by atomic mass is 10.1. The summed E-state index contributed by atoms with van der Waals surface area (Å²) in [5.74, 6) is -1.30. The van der Waals surface area contributed by atoms with Crippen LogP contribution in [0.1, 0.15) is 0 Å². The Morgan fingerprint density at radius 3 is 2.20 bits per heavy atom. The van der Waals surface area contributed by atoms with Gasteiger partial charge in [-0.3, -0.25) is 4.79 Å². The van der Waals surface area contributed by atoms with E-state index in [1.807, 2.05) is 0 Å². The molecule has 1 aromatic carbocycles. The summed E-state index contributed by atoms with van der Waals surface area (Å²) in [5.41, 5.74) is -0.130. The summed E-state index contributed by atoms with van der Waals surface area (Å²) in [4.78, 5) is 13.1. The number of hydrogen-bond acceptors (Lipinski definition) is 1. The Bertz CT molecular complexity index is 508. The minimum atomic E-state index is -0.651. The molecule has 0 fully saturated rings. The molecule has 0 aliphatic heterocycles. The summed E-state index contributed by atoms with van der Waals surface area (Å²) in [6.07, 6.45) is 1.28. The molecule has 0 radical (unpaired) electrons. The van der Waals surface area contributed by atoms with E-state index in [9.17, 15) is 13.6 Å². The number of rotatable bonds is 1. The Labute approximate surface area is 84.2 Å². The van der Waals surface area contributed by atoms with Crippen molar-refractivity contribution in [1.82, 2.24) is 4.98 Å². The maximum absolute atomic E-state index is 13.3. The molecule has 2 aromatic rings. The lowest BCUT2D eigenvalue weighted by Crippen LogP contribution is -2.02. The van der Waals surface area contributed by atoms with Crippen molar-refractivity contribution in [3.63, 3.8) is 0 Å². The Balaban J connectivity index is 2.63. The van der Waals surface area contributed by atoms with Crippen LogP contribution in [0.4, 0.5) is 8.78 Å². The third-order valence-electron chi connectivity index (χ3n) is 2.04. The van der Waals surface area contributed by atoms with Crippen LogP contribution in [0.3, 0.4) is 0 Å². The Hall–Kier alpha value is -1.97. The molecular formula is C11H7F2NO.